The summed E-state index contributed by atoms with van der Waals surface area (Å²) in [5, 5.41) is 2.59. The van der Waals surface area contributed by atoms with Crippen LogP contribution in [0, 0.1) is 5.82 Å². The summed E-state index contributed by atoms with van der Waals surface area (Å²) in [7, 11) is 1.60. The number of hydrogen-bond acceptors (Lipinski definition) is 3. The van der Waals surface area contributed by atoms with Gasteiger partial charge in [0.25, 0.3) is 5.56 Å². The fraction of sp³-hybridized carbons (Fsp3) is 0.211. The zero-order chi connectivity index (χ0) is 18.5. The van der Waals surface area contributed by atoms with Crippen molar-refractivity contribution < 1.29 is 9.18 Å². The highest BCUT2D eigenvalue weighted by atomic mass is 19.1. The van der Waals surface area contributed by atoms with Gasteiger partial charge in [-0.05, 0) is 42.8 Å². The lowest BCUT2D eigenvalue weighted by molar-refractivity contribution is -0.120. The van der Waals surface area contributed by atoms with Gasteiger partial charge in [0.05, 0.1) is 23.3 Å². The number of halogens is 1. The molecule has 0 spiro atoms. The van der Waals surface area contributed by atoms with Crippen LogP contribution in [-0.4, -0.2) is 27.5 Å². The van der Waals surface area contributed by atoms with Gasteiger partial charge in [-0.25, -0.2) is 9.37 Å². The van der Waals surface area contributed by atoms with Crippen LogP contribution in [0.1, 0.15) is 12.8 Å². The Hall–Kier alpha value is -3.22. The van der Waals surface area contributed by atoms with E-state index in [1.807, 2.05) is 4.57 Å². The van der Waals surface area contributed by atoms with Crippen molar-refractivity contribution in [3.8, 4) is 22.5 Å². The number of amides is 1. The molecule has 26 heavy (non-hydrogen) atoms. The molecule has 0 fully saturated rings. The van der Waals surface area contributed by atoms with Gasteiger partial charge < -0.3 is 14.9 Å². The number of nitrogens with zero attached hydrogens (tertiary/aromatic N) is 2. The molecule has 134 valence electrons. The molecule has 0 atom stereocenters. The van der Waals surface area contributed by atoms with Crippen LogP contribution in [0.25, 0.3) is 22.5 Å². The Balaban J connectivity index is 2.02. The van der Waals surface area contributed by atoms with Crippen LogP contribution >= 0.6 is 0 Å². The number of carbonyl (C=O) groups excluding carboxylic acids is 1. The van der Waals surface area contributed by atoms with Crippen molar-refractivity contribution in [3.63, 3.8) is 0 Å². The molecular formula is C19H19FN4O2. The molecule has 1 amide bonds. The first-order chi connectivity index (χ1) is 12.6. The lowest BCUT2D eigenvalue weighted by atomic mass is 10.1. The molecule has 0 saturated heterocycles. The largest absolute Gasteiger partial charge is 0.359 e. The third-order valence-electron chi connectivity index (χ3n) is 4.11. The van der Waals surface area contributed by atoms with E-state index in [1.54, 1.807) is 43.8 Å². The predicted octanol–water partition coefficient (Wildman–Crippen LogP) is 2.57. The van der Waals surface area contributed by atoms with E-state index in [-0.39, 0.29) is 17.3 Å². The molecular weight excluding hydrogens is 335 g/mol. The maximum Gasteiger partial charge on any atom is 0.257 e. The normalized spacial score (nSPS) is 10.7. The summed E-state index contributed by atoms with van der Waals surface area (Å²) in [6.45, 7) is 0.533. The average Bonchev–Trinajstić information content (AvgIpc) is 3.06. The summed E-state index contributed by atoms with van der Waals surface area (Å²) in [6, 6.07) is 9.45. The third kappa shape index (κ3) is 3.72. The Labute approximate surface area is 149 Å². The van der Waals surface area contributed by atoms with E-state index in [1.165, 1.54) is 12.1 Å². The summed E-state index contributed by atoms with van der Waals surface area (Å²) < 4.78 is 15.1. The first-order valence-electron chi connectivity index (χ1n) is 8.30. The number of rotatable bonds is 6. The Kier molecular flexibility index (Phi) is 5.26. The minimum absolute atomic E-state index is 0.0389. The van der Waals surface area contributed by atoms with Crippen LogP contribution in [0.2, 0.25) is 0 Å². The first kappa shape index (κ1) is 17.6. The number of benzene rings is 1. The Morgan fingerprint density at radius 2 is 2.04 bits per heavy atom. The molecule has 6 nitrogen and oxygen atoms in total. The second-order valence-corrected chi connectivity index (χ2v) is 5.83. The number of imidazole rings is 1. The molecule has 0 aliphatic heterocycles. The molecule has 2 N–H and O–H groups in total. The molecule has 7 heteroatoms. The average molecular weight is 354 g/mol. The zero-order valence-corrected chi connectivity index (χ0v) is 14.3. The first-order valence-corrected chi connectivity index (χ1v) is 8.30. The lowest BCUT2D eigenvalue weighted by Crippen LogP contribution is -2.18. The van der Waals surface area contributed by atoms with Gasteiger partial charge >= 0.3 is 0 Å². The van der Waals surface area contributed by atoms with Crippen LogP contribution in [0.15, 0.2) is 53.7 Å². The second kappa shape index (κ2) is 7.77. The fourth-order valence-corrected chi connectivity index (χ4v) is 2.80. The van der Waals surface area contributed by atoms with Crippen molar-refractivity contribution in [3.05, 3.63) is 65.1 Å². The van der Waals surface area contributed by atoms with Gasteiger partial charge in [-0.2, -0.15) is 0 Å². The standard InChI is InChI=1S/C19H19FN4O2/c1-21-16(25)5-3-11-24-12-23-17(13-6-8-14(20)9-7-13)18(24)15-4-2-10-22-19(15)26/h2,4,6-10,12H,3,5,11H2,1H3,(H,21,25)(H,22,26). The quantitative estimate of drug-likeness (QED) is 0.714. The van der Waals surface area contributed by atoms with Gasteiger partial charge in [-0.1, -0.05) is 0 Å². The van der Waals surface area contributed by atoms with Crippen molar-refractivity contribution >= 4 is 5.91 Å². The monoisotopic (exact) mass is 354 g/mol. The van der Waals surface area contributed by atoms with Crippen molar-refractivity contribution in [1.82, 2.24) is 19.9 Å². The Morgan fingerprint density at radius 3 is 2.73 bits per heavy atom. The van der Waals surface area contributed by atoms with Crippen LogP contribution < -0.4 is 10.9 Å². The molecule has 0 aliphatic carbocycles. The highest BCUT2D eigenvalue weighted by molar-refractivity contribution is 5.78. The number of pyridine rings is 1. The number of hydrogen-bond donors (Lipinski definition) is 2. The smallest absolute Gasteiger partial charge is 0.257 e. The zero-order valence-electron chi connectivity index (χ0n) is 14.3. The molecule has 2 heterocycles. The molecule has 2 aromatic heterocycles. The van der Waals surface area contributed by atoms with E-state index < -0.39 is 0 Å². The summed E-state index contributed by atoms with van der Waals surface area (Å²) in [6.07, 6.45) is 4.20. The van der Waals surface area contributed by atoms with Gasteiger partial charge in [0, 0.05) is 31.8 Å². The molecule has 0 unspecified atom stereocenters. The lowest BCUT2D eigenvalue weighted by Gasteiger charge is -2.10. The second-order valence-electron chi connectivity index (χ2n) is 5.83. The summed E-state index contributed by atoms with van der Waals surface area (Å²) in [5.74, 6) is -0.374. The van der Waals surface area contributed by atoms with Crippen LogP contribution in [0.3, 0.4) is 0 Å². The van der Waals surface area contributed by atoms with Gasteiger partial charge in [0.15, 0.2) is 0 Å². The number of aryl methyl sites for hydroxylation is 1. The van der Waals surface area contributed by atoms with E-state index in [2.05, 4.69) is 15.3 Å². The highest BCUT2D eigenvalue weighted by Gasteiger charge is 2.17. The Bertz CT molecular complexity index is 960. The van der Waals surface area contributed by atoms with E-state index in [0.717, 1.165) is 5.56 Å². The molecule has 0 aliphatic rings. The van der Waals surface area contributed by atoms with E-state index >= 15 is 0 Å². The SMILES string of the molecule is CNC(=O)CCCn1cnc(-c2ccc(F)cc2)c1-c1ccc[nH]c1=O. The van der Waals surface area contributed by atoms with Crippen molar-refractivity contribution in [2.45, 2.75) is 19.4 Å². The van der Waals surface area contributed by atoms with Gasteiger partial charge in [0.2, 0.25) is 5.91 Å². The van der Waals surface area contributed by atoms with E-state index in [0.29, 0.717) is 36.3 Å². The predicted molar refractivity (Wildman–Crippen MR) is 97.0 cm³/mol. The van der Waals surface area contributed by atoms with E-state index in [4.69, 9.17) is 0 Å². The molecule has 3 aromatic rings. The number of H-pyrrole nitrogens is 1. The maximum absolute atomic E-state index is 13.3. The molecule has 1 aromatic carbocycles. The topological polar surface area (TPSA) is 79.8 Å². The van der Waals surface area contributed by atoms with Crippen molar-refractivity contribution in [2.24, 2.45) is 0 Å². The summed E-state index contributed by atoms with van der Waals surface area (Å²) in [5.41, 5.74) is 2.21. The minimum Gasteiger partial charge on any atom is -0.359 e. The third-order valence-corrected chi connectivity index (χ3v) is 4.11. The maximum atomic E-state index is 13.3. The van der Waals surface area contributed by atoms with Crippen molar-refractivity contribution in [1.29, 1.82) is 0 Å². The molecule has 3 rings (SSSR count). The number of nitrogens with one attached hydrogen (secondary N) is 2. The summed E-state index contributed by atoms with van der Waals surface area (Å²) >= 11 is 0. The van der Waals surface area contributed by atoms with Gasteiger partial charge in [-0.3, -0.25) is 9.59 Å². The number of aromatic amines is 1. The fourth-order valence-electron chi connectivity index (χ4n) is 2.80. The van der Waals surface area contributed by atoms with Gasteiger partial charge in [-0.15, -0.1) is 0 Å². The molecule has 0 saturated carbocycles. The van der Waals surface area contributed by atoms with Crippen LogP contribution in [-0.2, 0) is 11.3 Å². The van der Waals surface area contributed by atoms with Gasteiger partial charge in [0.1, 0.15) is 5.82 Å². The highest BCUT2D eigenvalue weighted by Crippen LogP contribution is 2.29. The molecule has 0 radical (unpaired) electrons. The summed E-state index contributed by atoms with van der Waals surface area (Å²) in [4.78, 5) is 30.9. The number of aromatic nitrogens is 3. The molecule has 0 bridgehead atoms. The van der Waals surface area contributed by atoms with Crippen LogP contribution in [0.4, 0.5) is 4.39 Å². The van der Waals surface area contributed by atoms with Crippen LogP contribution in [0.5, 0.6) is 0 Å². The minimum atomic E-state index is -0.335. The van der Waals surface area contributed by atoms with Crippen molar-refractivity contribution in [2.75, 3.05) is 7.05 Å². The van der Waals surface area contributed by atoms with E-state index in [9.17, 15) is 14.0 Å². The Morgan fingerprint density at radius 1 is 1.27 bits per heavy atom. The number of carbonyl (C=O) groups is 1.